The van der Waals surface area contributed by atoms with Crippen LogP contribution in [0.3, 0.4) is 0 Å². The summed E-state index contributed by atoms with van der Waals surface area (Å²) in [6, 6.07) is 10.5. The molecule has 0 radical (unpaired) electrons. The Morgan fingerprint density at radius 3 is 2.76 bits per heavy atom. The van der Waals surface area contributed by atoms with Crippen molar-refractivity contribution in [3.63, 3.8) is 0 Å². The molecule has 5 heteroatoms. The van der Waals surface area contributed by atoms with Crippen molar-refractivity contribution < 1.29 is 0 Å². The number of thiophene rings is 1. The highest BCUT2D eigenvalue weighted by Crippen LogP contribution is 2.21. The molecule has 0 bridgehead atoms. The van der Waals surface area contributed by atoms with Gasteiger partial charge in [0.1, 0.15) is 4.99 Å². The van der Waals surface area contributed by atoms with Crippen LogP contribution in [0.1, 0.15) is 22.9 Å². The average molecular weight is 339 g/mol. The van der Waals surface area contributed by atoms with Crippen molar-refractivity contribution in [2.75, 3.05) is 7.05 Å². The van der Waals surface area contributed by atoms with E-state index in [2.05, 4.69) is 36.4 Å². The topological polar surface area (TPSA) is 29.3 Å². The molecule has 2 rings (SSSR count). The Labute approximate surface area is 140 Å². The van der Waals surface area contributed by atoms with E-state index < -0.39 is 0 Å². The summed E-state index contributed by atoms with van der Waals surface area (Å²) in [6.45, 7) is 3.04. The Hall–Kier alpha value is -0.940. The zero-order valence-electron chi connectivity index (χ0n) is 12.2. The lowest BCUT2D eigenvalue weighted by Crippen LogP contribution is -2.30. The van der Waals surface area contributed by atoms with Crippen molar-refractivity contribution in [2.24, 2.45) is 5.73 Å². The van der Waals surface area contributed by atoms with Gasteiger partial charge in [0.15, 0.2) is 0 Å². The van der Waals surface area contributed by atoms with Gasteiger partial charge in [0, 0.05) is 28.0 Å². The molecule has 1 unspecified atom stereocenters. The number of rotatable bonds is 6. The second-order valence-corrected chi connectivity index (χ2v) is 7.10. The van der Waals surface area contributed by atoms with Gasteiger partial charge in [-0.1, -0.05) is 42.0 Å². The van der Waals surface area contributed by atoms with Crippen LogP contribution in [0.25, 0.3) is 0 Å². The molecule has 2 nitrogen and oxygen atoms in total. The number of nitrogens with zero attached hydrogens (tertiary/aromatic N) is 1. The lowest BCUT2D eigenvalue weighted by atomic mass is 10.1. The standard InChI is InChI=1S/C16H19ClN2S2/c1-11(8-14-4-3-7-21-14)19(2)10-13-6-5-12(16(18)20)9-15(13)17/h3-7,9,11H,8,10H2,1-2H3,(H2,18,20). The maximum Gasteiger partial charge on any atom is 0.104 e. The number of thiocarbonyl (C=S) groups is 1. The third-order valence-electron chi connectivity index (χ3n) is 3.59. The molecule has 0 amide bonds. The smallest absolute Gasteiger partial charge is 0.104 e. The average Bonchev–Trinajstić information content (AvgIpc) is 2.93. The second kappa shape index (κ2) is 7.36. The van der Waals surface area contributed by atoms with Gasteiger partial charge < -0.3 is 5.73 Å². The summed E-state index contributed by atoms with van der Waals surface area (Å²) in [4.78, 5) is 4.09. The van der Waals surface area contributed by atoms with Gasteiger partial charge in [0.25, 0.3) is 0 Å². The van der Waals surface area contributed by atoms with Gasteiger partial charge in [0.2, 0.25) is 0 Å². The molecule has 0 aliphatic carbocycles. The van der Waals surface area contributed by atoms with E-state index in [1.807, 2.05) is 18.2 Å². The fraction of sp³-hybridized carbons (Fsp3) is 0.312. The van der Waals surface area contributed by atoms with Gasteiger partial charge in [-0.05, 0) is 43.5 Å². The monoisotopic (exact) mass is 338 g/mol. The van der Waals surface area contributed by atoms with Crippen LogP contribution in [0.2, 0.25) is 5.02 Å². The lowest BCUT2D eigenvalue weighted by molar-refractivity contribution is 0.249. The van der Waals surface area contributed by atoms with Gasteiger partial charge in [-0.25, -0.2) is 0 Å². The molecule has 0 aliphatic rings. The number of hydrogen-bond donors (Lipinski definition) is 1. The SMILES string of the molecule is CC(Cc1cccs1)N(C)Cc1ccc(C(N)=S)cc1Cl. The van der Waals surface area contributed by atoms with Crippen molar-refractivity contribution in [1.29, 1.82) is 0 Å². The Bertz CT molecular complexity index is 611. The van der Waals surface area contributed by atoms with E-state index in [9.17, 15) is 0 Å². The summed E-state index contributed by atoms with van der Waals surface area (Å²) in [5.41, 5.74) is 7.53. The van der Waals surface area contributed by atoms with Gasteiger partial charge in [-0.3, -0.25) is 4.90 Å². The predicted octanol–water partition coefficient (Wildman–Crippen LogP) is 4.10. The summed E-state index contributed by atoms with van der Waals surface area (Å²) in [6.07, 6.45) is 1.05. The third kappa shape index (κ3) is 4.51. The molecule has 0 saturated heterocycles. The lowest BCUT2D eigenvalue weighted by Gasteiger charge is -2.25. The maximum absolute atomic E-state index is 6.33. The van der Waals surface area contributed by atoms with Crippen molar-refractivity contribution in [1.82, 2.24) is 4.90 Å². The molecule has 0 saturated carbocycles. The second-order valence-electron chi connectivity index (χ2n) is 5.22. The van der Waals surface area contributed by atoms with Crippen molar-refractivity contribution in [3.8, 4) is 0 Å². The minimum absolute atomic E-state index is 0.378. The summed E-state index contributed by atoms with van der Waals surface area (Å²) in [5.74, 6) is 0. The molecule has 1 atom stereocenters. The van der Waals surface area contributed by atoms with Crippen molar-refractivity contribution in [2.45, 2.75) is 25.9 Å². The molecule has 0 fully saturated rings. The molecule has 0 aliphatic heterocycles. The van der Waals surface area contributed by atoms with Crippen molar-refractivity contribution >= 4 is 40.1 Å². The first kappa shape index (κ1) is 16.4. The van der Waals surface area contributed by atoms with Crippen LogP contribution in [0, 0.1) is 0 Å². The molecular formula is C16H19ClN2S2. The fourth-order valence-electron chi connectivity index (χ4n) is 2.13. The molecule has 21 heavy (non-hydrogen) atoms. The van der Waals surface area contributed by atoms with Crippen LogP contribution in [0.4, 0.5) is 0 Å². The van der Waals surface area contributed by atoms with E-state index in [-0.39, 0.29) is 0 Å². The first-order chi connectivity index (χ1) is 9.97. The number of hydrogen-bond acceptors (Lipinski definition) is 3. The van der Waals surface area contributed by atoms with Gasteiger partial charge >= 0.3 is 0 Å². The summed E-state index contributed by atoms with van der Waals surface area (Å²) >= 11 is 13.1. The quantitative estimate of drug-likeness (QED) is 0.804. The van der Waals surface area contributed by atoms with Gasteiger partial charge in [0.05, 0.1) is 0 Å². The number of likely N-dealkylation sites (N-methyl/N-ethyl adjacent to an activating group) is 1. The summed E-state index contributed by atoms with van der Waals surface area (Å²) in [5, 5.41) is 2.84. The molecular weight excluding hydrogens is 320 g/mol. The zero-order chi connectivity index (χ0) is 15.4. The Morgan fingerprint density at radius 1 is 1.43 bits per heavy atom. The van der Waals surface area contributed by atoms with E-state index >= 15 is 0 Å². The predicted molar refractivity (Wildman–Crippen MR) is 96.3 cm³/mol. The van der Waals surface area contributed by atoms with Crippen LogP contribution in [0.5, 0.6) is 0 Å². The Balaban J connectivity index is 2.01. The largest absolute Gasteiger partial charge is 0.389 e. The van der Waals surface area contributed by atoms with Crippen LogP contribution in [-0.4, -0.2) is 23.0 Å². The van der Waals surface area contributed by atoms with Gasteiger partial charge in [-0.15, -0.1) is 11.3 Å². The molecule has 2 aromatic rings. The molecule has 0 spiro atoms. The molecule has 1 heterocycles. The van der Waals surface area contributed by atoms with Crippen LogP contribution >= 0.6 is 35.2 Å². The minimum atomic E-state index is 0.378. The zero-order valence-corrected chi connectivity index (χ0v) is 14.6. The number of benzene rings is 1. The van der Waals surface area contributed by atoms with E-state index in [0.717, 1.165) is 29.1 Å². The summed E-state index contributed by atoms with van der Waals surface area (Å²) in [7, 11) is 2.12. The minimum Gasteiger partial charge on any atom is -0.389 e. The van der Waals surface area contributed by atoms with E-state index in [1.165, 1.54) is 4.88 Å². The highest BCUT2D eigenvalue weighted by Gasteiger charge is 2.13. The van der Waals surface area contributed by atoms with Crippen molar-refractivity contribution in [3.05, 3.63) is 56.7 Å². The summed E-state index contributed by atoms with van der Waals surface area (Å²) < 4.78 is 0. The molecule has 112 valence electrons. The first-order valence-electron chi connectivity index (χ1n) is 6.78. The number of nitrogens with two attached hydrogens (primary N) is 1. The highest BCUT2D eigenvalue weighted by atomic mass is 35.5. The van der Waals surface area contributed by atoms with Gasteiger partial charge in [-0.2, -0.15) is 0 Å². The van der Waals surface area contributed by atoms with E-state index in [0.29, 0.717) is 11.0 Å². The maximum atomic E-state index is 6.33. The Kier molecular flexibility index (Phi) is 5.76. The van der Waals surface area contributed by atoms with E-state index in [4.69, 9.17) is 29.6 Å². The van der Waals surface area contributed by atoms with Crippen LogP contribution < -0.4 is 5.73 Å². The normalized spacial score (nSPS) is 12.6. The fourth-order valence-corrected chi connectivity index (χ4v) is 3.32. The third-order valence-corrected chi connectivity index (χ3v) is 5.07. The molecule has 1 aromatic heterocycles. The van der Waals surface area contributed by atoms with Crippen LogP contribution in [0.15, 0.2) is 35.7 Å². The highest BCUT2D eigenvalue weighted by molar-refractivity contribution is 7.80. The van der Waals surface area contributed by atoms with Crippen LogP contribution in [-0.2, 0) is 13.0 Å². The molecule has 2 N–H and O–H groups in total. The van der Waals surface area contributed by atoms with E-state index in [1.54, 1.807) is 11.3 Å². The Morgan fingerprint density at radius 2 is 2.19 bits per heavy atom. The first-order valence-corrected chi connectivity index (χ1v) is 8.45. The number of halogens is 1. The molecule has 1 aromatic carbocycles.